The highest BCUT2D eigenvalue weighted by molar-refractivity contribution is 5.94. The summed E-state index contributed by atoms with van der Waals surface area (Å²) in [5.74, 6) is -0.490. The fourth-order valence-corrected chi connectivity index (χ4v) is 4.18. The monoisotopic (exact) mass is 383 g/mol. The number of benzene rings is 2. The average Bonchev–Trinajstić information content (AvgIpc) is 2.73. The lowest BCUT2D eigenvalue weighted by molar-refractivity contribution is -0.154. The quantitative estimate of drug-likeness (QED) is 0.794. The minimum Gasteiger partial charge on any atom is -0.375 e. The van der Waals surface area contributed by atoms with Crippen molar-refractivity contribution >= 4 is 5.91 Å². The number of nitrogens with zero attached hydrogens (tertiary/aromatic N) is 1. The summed E-state index contributed by atoms with van der Waals surface area (Å²) < 4.78 is 25.7. The molecule has 28 heavy (non-hydrogen) atoms. The minimum atomic E-state index is -0.381. The van der Waals surface area contributed by atoms with Gasteiger partial charge in [-0.3, -0.25) is 4.79 Å². The number of rotatable bonds is 4. The Bertz CT molecular complexity index is 803. The van der Waals surface area contributed by atoms with E-state index in [2.05, 4.69) is 12.1 Å². The summed E-state index contributed by atoms with van der Waals surface area (Å²) in [7, 11) is 0. The maximum atomic E-state index is 13.4. The highest BCUT2D eigenvalue weighted by Crippen LogP contribution is 2.36. The maximum absolute atomic E-state index is 13.4. The van der Waals surface area contributed by atoms with Gasteiger partial charge in [0.15, 0.2) is 0 Å². The van der Waals surface area contributed by atoms with Crippen LogP contribution >= 0.6 is 0 Å². The van der Waals surface area contributed by atoms with Gasteiger partial charge in [0.05, 0.1) is 18.3 Å². The summed E-state index contributed by atoms with van der Waals surface area (Å²) in [6, 6.07) is 16.1. The van der Waals surface area contributed by atoms with Gasteiger partial charge >= 0.3 is 0 Å². The largest absolute Gasteiger partial charge is 0.375 e. The lowest BCUT2D eigenvalue weighted by Crippen LogP contribution is -2.52. The Balaban J connectivity index is 1.32. The first-order valence-corrected chi connectivity index (χ1v) is 9.98. The van der Waals surface area contributed by atoms with Gasteiger partial charge in [0.2, 0.25) is 0 Å². The molecule has 0 radical (unpaired) electrons. The van der Waals surface area contributed by atoms with Gasteiger partial charge in [-0.1, -0.05) is 36.4 Å². The summed E-state index contributed by atoms with van der Waals surface area (Å²) in [6.07, 6.45) is 3.53. The molecule has 4 nitrogen and oxygen atoms in total. The average molecular weight is 383 g/mol. The third-order valence-electron chi connectivity index (χ3n) is 5.81. The highest BCUT2D eigenvalue weighted by atomic mass is 19.1. The summed E-state index contributed by atoms with van der Waals surface area (Å²) in [4.78, 5) is 14.4. The maximum Gasteiger partial charge on any atom is 0.253 e. The molecule has 2 fully saturated rings. The molecular weight excluding hydrogens is 357 g/mol. The molecule has 2 aromatic carbocycles. The predicted octanol–water partition coefficient (Wildman–Crippen LogP) is 4.20. The van der Waals surface area contributed by atoms with Crippen LogP contribution in [0.3, 0.4) is 0 Å². The van der Waals surface area contributed by atoms with Crippen molar-refractivity contribution in [3.05, 3.63) is 71.5 Å². The van der Waals surface area contributed by atoms with Gasteiger partial charge in [-0.25, -0.2) is 4.39 Å². The third-order valence-corrected chi connectivity index (χ3v) is 5.81. The predicted molar refractivity (Wildman–Crippen MR) is 104 cm³/mol. The van der Waals surface area contributed by atoms with Crippen LogP contribution in [0.1, 0.15) is 41.6 Å². The van der Waals surface area contributed by atoms with E-state index in [-0.39, 0.29) is 23.4 Å². The molecule has 2 aromatic rings. The van der Waals surface area contributed by atoms with Crippen molar-refractivity contribution in [2.45, 2.75) is 44.0 Å². The molecule has 1 atom stereocenters. The Hall–Kier alpha value is -2.24. The molecule has 0 saturated carbocycles. The molecule has 4 rings (SSSR count). The van der Waals surface area contributed by atoms with Gasteiger partial charge in [-0.05, 0) is 43.0 Å². The van der Waals surface area contributed by atoms with Crippen molar-refractivity contribution in [3.63, 3.8) is 0 Å². The molecule has 0 aliphatic carbocycles. The van der Waals surface area contributed by atoms with Gasteiger partial charge in [-0.2, -0.15) is 0 Å². The van der Waals surface area contributed by atoms with E-state index in [0.29, 0.717) is 31.9 Å². The van der Waals surface area contributed by atoms with Crippen LogP contribution in [0, 0.1) is 5.82 Å². The second kappa shape index (κ2) is 8.41. The zero-order valence-corrected chi connectivity index (χ0v) is 16.0. The van der Waals surface area contributed by atoms with Crippen molar-refractivity contribution < 1.29 is 18.7 Å². The molecule has 2 heterocycles. The van der Waals surface area contributed by atoms with Gasteiger partial charge in [-0.15, -0.1) is 0 Å². The van der Waals surface area contributed by atoms with Crippen LogP contribution in [0.2, 0.25) is 0 Å². The Kier molecular flexibility index (Phi) is 5.74. The van der Waals surface area contributed by atoms with E-state index in [4.69, 9.17) is 9.47 Å². The molecule has 0 bridgehead atoms. The lowest BCUT2D eigenvalue weighted by atomic mass is 9.83. The number of hydrogen-bond donors (Lipinski definition) is 0. The van der Waals surface area contributed by atoms with E-state index >= 15 is 0 Å². The number of carbonyl (C=O) groups excluding carboxylic acids is 1. The molecule has 5 heteroatoms. The number of amides is 1. The van der Waals surface area contributed by atoms with Crippen molar-refractivity contribution in [1.29, 1.82) is 0 Å². The Morgan fingerprint density at radius 1 is 1.14 bits per heavy atom. The number of piperidine rings is 1. The van der Waals surface area contributed by atoms with Crippen LogP contribution < -0.4 is 0 Å². The van der Waals surface area contributed by atoms with Gasteiger partial charge < -0.3 is 14.4 Å². The first-order chi connectivity index (χ1) is 13.6. The summed E-state index contributed by atoms with van der Waals surface area (Å²) in [6.45, 7) is 2.56. The standard InChI is InChI=1S/C23H26FNO3/c24-20-8-4-7-19(15-20)22(26)25-12-10-23(11-13-25)16-21(9-14-28-23)27-17-18-5-2-1-3-6-18/h1-8,15,21H,9-14,16-17H2. The van der Waals surface area contributed by atoms with Gasteiger partial charge in [0, 0.05) is 31.7 Å². The Labute approximate surface area is 165 Å². The van der Waals surface area contributed by atoms with E-state index in [1.165, 1.54) is 17.7 Å². The van der Waals surface area contributed by atoms with Crippen LogP contribution in [0.4, 0.5) is 4.39 Å². The first-order valence-electron chi connectivity index (χ1n) is 9.98. The zero-order chi connectivity index (χ0) is 19.4. The summed E-state index contributed by atoms with van der Waals surface area (Å²) >= 11 is 0. The number of hydrogen-bond acceptors (Lipinski definition) is 3. The SMILES string of the molecule is O=C(c1cccc(F)c1)N1CCC2(CC1)CC(OCc1ccccc1)CCO2. The van der Waals surface area contributed by atoms with E-state index in [1.54, 1.807) is 17.0 Å². The molecule has 0 aromatic heterocycles. The molecule has 1 spiro atoms. The molecule has 2 aliphatic rings. The number of halogens is 1. The topological polar surface area (TPSA) is 38.8 Å². The first kappa shape index (κ1) is 19.1. The lowest BCUT2D eigenvalue weighted by Gasteiger charge is -2.46. The summed E-state index contributed by atoms with van der Waals surface area (Å²) in [5.41, 5.74) is 1.38. The fourth-order valence-electron chi connectivity index (χ4n) is 4.18. The fraction of sp³-hybridized carbons (Fsp3) is 0.435. The molecule has 1 amide bonds. The van der Waals surface area contributed by atoms with Crippen LogP contribution in [0.25, 0.3) is 0 Å². The number of carbonyl (C=O) groups is 1. The zero-order valence-electron chi connectivity index (χ0n) is 16.0. The second-order valence-corrected chi connectivity index (χ2v) is 7.75. The second-order valence-electron chi connectivity index (χ2n) is 7.75. The van der Waals surface area contributed by atoms with Crippen LogP contribution in [-0.4, -0.2) is 42.2 Å². The molecule has 148 valence electrons. The van der Waals surface area contributed by atoms with Crippen LogP contribution in [0.5, 0.6) is 0 Å². The minimum absolute atomic E-state index is 0.109. The highest BCUT2D eigenvalue weighted by Gasteiger charge is 2.41. The normalized spacial score (nSPS) is 21.6. The van der Waals surface area contributed by atoms with Crippen LogP contribution in [0.15, 0.2) is 54.6 Å². The van der Waals surface area contributed by atoms with E-state index in [9.17, 15) is 9.18 Å². The van der Waals surface area contributed by atoms with Crippen LogP contribution in [-0.2, 0) is 16.1 Å². The number of ether oxygens (including phenoxy) is 2. The van der Waals surface area contributed by atoms with Crippen molar-refractivity contribution in [1.82, 2.24) is 4.90 Å². The van der Waals surface area contributed by atoms with Crippen molar-refractivity contribution in [2.75, 3.05) is 19.7 Å². The molecule has 2 saturated heterocycles. The van der Waals surface area contributed by atoms with Crippen molar-refractivity contribution in [3.8, 4) is 0 Å². The smallest absolute Gasteiger partial charge is 0.253 e. The van der Waals surface area contributed by atoms with Crippen molar-refractivity contribution in [2.24, 2.45) is 0 Å². The Morgan fingerprint density at radius 2 is 1.93 bits per heavy atom. The van der Waals surface area contributed by atoms with E-state index in [1.807, 2.05) is 18.2 Å². The molecule has 2 aliphatic heterocycles. The number of likely N-dealkylation sites (tertiary alicyclic amines) is 1. The van der Waals surface area contributed by atoms with E-state index < -0.39 is 0 Å². The molecule has 1 unspecified atom stereocenters. The van der Waals surface area contributed by atoms with Gasteiger partial charge in [0.25, 0.3) is 5.91 Å². The van der Waals surface area contributed by atoms with Gasteiger partial charge in [0.1, 0.15) is 5.82 Å². The van der Waals surface area contributed by atoms with E-state index in [0.717, 1.165) is 25.7 Å². The third kappa shape index (κ3) is 4.42. The summed E-state index contributed by atoms with van der Waals surface area (Å²) in [5, 5.41) is 0. The Morgan fingerprint density at radius 3 is 2.68 bits per heavy atom. The molecular formula is C23H26FNO3. The molecule has 0 N–H and O–H groups in total.